The molecule has 1 aromatic rings. The van der Waals surface area contributed by atoms with Gasteiger partial charge in [0.25, 0.3) is 10.2 Å². The van der Waals surface area contributed by atoms with E-state index in [4.69, 9.17) is 0 Å². The Morgan fingerprint density at radius 1 is 1.18 bits per heavy atom. The highest BCUT2D eigenvalue weighted by Crippen LogP contribution is 2.29. The molecule has 22 heavy (non-hydrogen) atoms. The fourth-order valence-electron chi connectivity index (χ4n) is 3.18. The summed E-state index contributed by atoms with van der Waals surface area (Å²) in [6.07, 6.45) is 2.54. The van der Waals surface area contributed by atoms with E-state index in [0.29, 0.717) is 19.1 Å². The molecule has 1 saturated carbocycles. The van der Waals surface area contributed by atoms with Crippen LogP contribution in [0, 0.1) is 0 Å². The molecule has 1 unspecified atom stereocenters. The van der Waals surface area contributed by atoms with Gasteiger partial charge in [-0.1, -0.05) is 30.3 Å². The smallest absolute Gasteiger partial charge is 0.282 e. The van der Waals surface area contributed by atoms with E-state index in [0.717, 1.165) is 18.7 Å². The van der Waals surface area contributed by atoms with E-state index >= 15 is 0 Å². The fraction of sp³-hybridized carbons (Fsp3) is 0.625. The van der Waals surface area contributed by atoms with E-state index in [9.17, 15) is 8.42 Å². The standard InChI is InChI=1S/C16H25N3O2S/c1-14-12-18(16-8-9-16)10-11-19(14)22(20,21)17(2)13-15-6-4-3-5-7-15/h3-7,14,16H,8-13H2,1-2H3. The van der Waals surface area contributed by atoms with Gasteiger partial charge in [0, 0.05) is 45.3 Å². The van der Waals surface area contributed by atoms with Crippen LogP contribution in [0.3, 0.4) is 0 Å². The Morgan fingerprint density at radius 3 is 2.45 bits per heavy atom. The van der Waals surface area contributed by atoms with Crippen molar-refractivity contribution in [2.75, 3.05) is 26.7 Å². The first kappa shape index (κ1) is 15.9. The van der Waals surface area contributed by atoms with E-state index in [1.165, 1.54) is 17.1 Å². The molecular weight excluding hydrogens is 298 g/mol. The van der Waals surface area contributed by atoms with Gasteiger partial charge < -0.3 is 0 Å². The Hall–Kier alpha value is -0.950. The largest absolute Gasteiger partial charge is 0.297 e. The number of hydrogen-bond donors (Lipinski definition) is 0. The lowest BCUT2D eigenvalue weighted by molar-refractivity contribution is 0.132. The van der Waals surface area contributed by atoms with Gasteiger partial charge in [-0.05, 0) is 25.3 Å². The average molecular weight is 323 g/mol. The summed E-state index contributed by atoms with van der Waals surface area (Å²) in [5.41, 5.74) is 1.01. The Balaban J connectivity index is 1.66. The Bertz CT molecular complexity index is 601. The van der Waals surface area contributed by atoms with E-state index in [1.54, 1.807) is 11.4 Å². The summed E-state index contributed by atoms with van der Waals surface area (Å²) in [5, 5.41) is 0. The Morgan fingerprint density at radius 2 is 1.86 bits per heavy atom. The van der Waals surface area contributed by atoms with Crippen LogP contribution in [0.5, 0.6) is 0 Å². The third-order valence-corrected chi connectivity index (χ3v) is 6.65. The molecule has 0 N–H and O–H groups in total. The molecule has 6 heteroatoms. The van der Waals surface area contributed by atoms with Crippen molar-refractivity contribution < 1.29 is 8.42 Å². The van der Waals surface area contributed by atoms with Crippen LogP contribution >= 0.6 is 0 Å². The van der Waals surface area contributed by atoms with Gasteiger partial charge in [-0.3, -0.25) is 4.90 Å². The first-order valence-electron chi connectivity index (χ1n) is 7.99. The molecule has 5 nitrogen and oxygen atoms in total. The molecule has 0 aromatic heterocycles. The molecule has 122 valence electrons. The summed E-state index contributed by atoms with van der Waals surface area (Å²) in [6.45, 7) is 4.73. The van der Waals surface area contributed by atoms with Gasteiger partial charge in [0.15, 0.2) is 0 Å². The van der Waals surface area contributed by atoms with E-state index < -0.39 is 10.2 Å². The van der Waals surface area contributed by atoms with E-state index in [2.05, 4.69) is 4.90 Å². The molecule has 1 atom stereocenters. The summed E-state index contributed by atoms with van der Waals surface area (Å²) < 4.78 is 28.8. The predicted octanol–water partition coefficient (Wildman–Crippen LogP) is 1.53. The molecule has 0 amide bonds. The average Bonchev–Trinajstić information content (AvgIpc) is 3.32. The lowest BCUT2D eigenvalue weighted by Crippen LogP contribution is -2.57. The number of benzene rings is 1. The van der Waals surface area contributed by atoms with Gasteiger partial charge in [-0.15, -0.1) is 0 Å². The van der Waals surface area contributed by atoms with Gasteiger partial charge in [0.05, 0.1) is 0 Å². The zero-order chi connectivity index (χ0) is 15.7. The molecule has 3 rings (SSSR count). The Kier molecular flexibility index (Phi) is 4.54. The van der Waals surface area contributed by atoms with Crippen LogP contribution in [0.2, 0.25) is 0 Å². The third-order valence-electron chi connectivity index (χ3n) is 4.60. The van der Waals surface area contributed by atoms with Crippen molar-refractivity contribution >= 4 is 10.2 Å². The third kappa shape index (κ3) is 3.35. The van der Waals surface area contributed by atoms with Crippen molar-refractivity contribution in [2.24, 2.45) is 0 Å². The highest BCUT2D eigenvalue weighted by Gasteiger charge is 2.39. The van der Waals surface area contributed by atoms with Crippen LogP contribution in [0.1, 0.15) is 25.3 Å². The molecule has 1 aromatic carbocycles. The Labute approximate surface area is 133 Å². The number of nitrogens with zero attached hydrogens (tertiary/aromatic N) is 3. The first-order chi connectivity index (χ1) is 10.5. The topological polar surface area (TPSA) is 43.9 Å². The second kappa shape index (κ2) is 6.28. The lowest BCUT2D eigenvalue weighted by Gasteiger charge is -2.40. The molecule has 1 aliphatic heterocycles. The van der Waals surface area contributed by atoms with Crippen molar-refractivity contribution in [1.82, 2.24) is 13.5 Å². The summed E-state index contributed by atoms with van der Waals surface area (Å²) in [4.78, 5) is 2.44. The van der Waals surface area contributed by atoms with Gasteiger partial charge in [0.1, 0.15) is 0 Å². The van der Waals surface area contributed by atoms with Crippen molar-refractivity contribution in [3.8, 4) is 0 Å². The minimum atomic E-state index is -3.40. The highest BCUT2D eigenvalue weighted by molar-refractivity contribution is 7.86. The van der Waals surface area contributed by atoms with E-state index in [1.807, 2.05) is 37.3 Å². The maximum atomic E-state index is 12.8. The SMILES string of the molecule is CC1CN(C2CC2)CCN1S(=O)(=O)N(C)Cc1ccccc1. The summed E-state index contributed by atoms with van der Waals surface area (Å²) in [6, 6.07) is 10.5. The molecule has 2 aliphatic rings. The number of rotatable bonds is 5. The highest BCUT2D eigenvalue weighted by atomic mass is 32.2. The molecule has 1 heterocycles. The minimum absolute atomic E-state index is 0.0394. The van der Waals surface area contributed by atoms with Crippen LogP contribution in [0.4, 0.5) is 0 Å². The summed E-state index contributed by atoms with van der Waals surface area (Å²) in [7, 11) is -1.73. The summed E-state index contributed by atoms with van der Waals surface area (Å²) in [5.74, 6) is 0. The normalized spacial score (nSPS) is 24.8. The van der Waals surface area contributed by atoms with Crippen LogP contribution in [0.25, 0.3) is 0 Å². The summed E-state index contributed by atoms with van der Waals surface area (Å²) >= 11 is 0. The van der Waals surface area contributed by atoms with Crippen LogP contribution in [-0.4, -0.2) is 60.7 Å². The van der Waals surface area contributed by atoms with Gasteiger partial charge >= 0.3 is 0 Å². The molecule has 0 bridgehead atoms. The molecule has 0 spiro atoms. The lowest BCUT2D eigenvalue weighted by atomic mass is 10.2. The minimum Gasteiger partial charge on any atom is -0.297 e. The molecule has 0 radical (unpaired) electrons. The van der Waals surface area contributed by atoms with Crippen molar-refractivity contribution in [1.29, 1.82) is 0 Å². The monoisotopic (exact) mass is 323 g/mol. The number of hydrogen-bond acceptors (Lipinski definition) is 3. The predicted molar refractivity (Wildman–Crippen MR) is 87.6 cm³/mol. The first-order valence-corrected chi connectivity index (χ1v) is 9.39. The van der Waals surface area contributed by atoms with Gasteiger partial charge in [-0.25, -0.2) is 0 Å². The zero-order valence-corrected chi connectivity index (χ0v) is 14.2. The van der Waals surface area contributed by atoms with Crippen LogP contribution < -0.4 is 0 Å². The quantitative estimate of drug-likeness (QED) is 0.825. The van der Waals surface area contributed by atoms with E-state index in [-0.39, 0.29) is 6.04 Å². The van der Waals surface area contributed by atoms with Crippen LogP contribution in [0.15, 0.2) is 30.3 Å². The van der Waals surface area contributed by atoms with Crippen molar-refractivity contribution in [3.05, 3.63) is 35.9 Å². The second-order valence-corrected chi connectivity index (χ2v) is 8.42. The van der Waals surface area contributed by atoms with Gasteiger partial charge in [0.2, 0.25) is 0 Å². The molecule has 1 aliphatic carbocycles. The maximum Gasteiger partial charge on any atom is 0.282 e. The van der Waals surface area contributed by atoms with Crippen molar-refractivity contribution in [2.45, 2.75) is 38.4 Å². The fourth-order valence-corrected chi connectivity index (χ4v) is 4.69. The maximum absolute atomic E-state index is 12.8. The second-order valence-electron chi connectivity index (χ2n) is 6.44. The van der Waals surface area contributed by atoms with Gasteiger partial charge in [-0.2, -0.15) is 17.0 Å². The number of piperazine rings is 1. The van der Waals surface area contributed by atoms with Crippen LogP contribution in [-0.2, 0) is 16.8 Å². The molecular formula is C16H25N3O2S. The molecule has 1 saturated heterocycles. The zero-order valence-electron chi connectivity index (χ0n) is 13.4. The van der Waals surface area contributed by atoms with Crippen molar-refractivity contribution in [3.63, 3.8) is 0 Å². The molecule has 2 fully saturated rings.